The van der Waals surface area contributed by atoms with Gasteiger partial charge >= 0.3 is 0 Å². The molecule has 0 saturated carbocycles. The highest BCUT2D eigenvalue weighted by Gasteiger charge is 2.22. The summed E-state index contributed by atoms with van der Waals surface area (Å²) in [6.45, 7) is 5.30. The molecule has 1 fully saturated rings. The molecule has 3 rings (SSSR count). The number of fused-ring (bicyclic) bond motifs is 1. The van der Waals surface area contributed by atoms with Crippen LogP contribution in [0.4, 0.5) is 0 Å². The number of halogens is 1. The molecule has 1 aliphatic heterocycles. The lowest BCUT2D eigenvalue weighted by Gasteiger charge is -2.36. The van der Waals surface area contributed by atoms with Gasteiger partial charge < -0.3 is 9.91 Å². The molecule has 0 radical (unpaired) electrons. The molecule has 21 heavy (non-hydrogen) atoms. The van der Waals surface area contributed by atoms with Gasteiger partial charge in [-0.15, -0.1) is 11.6 Å². The Hall–Kier alpha value is -1.59. The average Bonchev–Trinajstić information content (AvgIpc) is 2.48. The first-order valence-electron chi connectivity index (χ1n) is 7.17. The van der Waals surface area contributed by atoms with Crippen molar-refractivity contribution in [2.24, 2.45) is 0 Å². The molecule has 1 aromatic heterocycles. The number of alkyl halides is 1. The Balaban J connectivity index is 2.17. The Morgan fingerprint density at radius 1 is 1.19 bits per heavy atom. The molecule has 112 valence electrons. The van der Waals surface area contributed by atoms with Gasteiger partial charge in [0.25, 0.3) is 5.56 Å². The van der Waals surface area contributed by atoms with E-state index in [0.29, 0.717) is 16.7 Å². The molecule has 0 N–H and O–H groups in total. The molecule has 1 unspecified atom stereocenters. The zero-order valence-corrected chi connectivity index (χ0v) is 13.0. The summed E-state index contributed by atoms with van der Waals surface area (Å²) >= 11 is 6.27. The van der Waals surface area contributed by atoms with E-state index in [1.807, 2.05) is 31.2 Å². The van der Waals surface area contributed by atoms with Crippen molar-refractivity contribution in [2.45, 2.75) is 12.3 Å². The third-order valence-corrected chi connectivity index (χ3v) is 4.09. The standard InChI is InChI=1S/C15H19ClN4O/c1-11(16)14-17-13-6-4-3-5-12(13)15(21)20(14)19-9-7-18(2)8-10-19/h3-6,11H,7-10H2,1-2H3. The van der Waals surface area contributed by atoms with Gasteiger partial charge in [0.05, 0.1) is 16.3 Å². The van der Waals surface area contributed by atoms with Crippen molar-refractivity contribution in [2.75, 3.05) is 38.2 Å². The normalized spacial score (nSPS) is 18.1. The van der Waals surface area contributed by atoms with E-state index in [2.05, 4.69) is 21.9 Å². The van der Waals surface area contributed by atoms with Gasteiger partial charge in [-0.3, -0.25) is 4.79 Å². The zero-order chi connectivity index (χ0) is 15.0. The second-order valence-electron chi connectivity index (χ2n) is 5.48. The summed E-state index contributed by atoms with van der Waals surface area (Å²) in [7, 11) is 2.09. The maximum Gasteiger partial charge on any atom is 0.280 e. The highest BCUT2D eigenvalue weighted by molar-refractivity contribution is 6.20. The monoisotopic (exact) mass is 306 g/mol. The average molecular weight is 307 g/mol. The summed E-state index contributed by atoms with van der Waals surface area (Å²) in [5, 5.41) is 2.37. The van der Waals surface area contributed by atoms with E-state index >= 15 is 0 Å². The summed E-state index contributed by atoms with van der Waals surface area (Å²) < 4.78 is 1.67. The zero-order valence-electron chi connectivity index (χ0n) is 12.3. The molecule has 1 aromatic carbocycles. The maximum absolute atomic E-state index is 12.8. The Kier molecular flexibility index (Phi) is 3.87. The quantitative estimate of drug-likeness (QED) is 0.790. The van der Waals surface area contributed by atoms with Gasteiger partial charge in [-0.25, -0.2) is 9.66 Å². The van der Waals surface area contributed by atoms with E-state index in [4.69, 9.17) is 11.6 Å². The largest absolute Gasteiger partial charge is 0.306 e. The second-order valence-corrected chi connectivity index (χ2v) is 6.13. The summed E-state index contributed by atoms with van der Waals surface area (Å²) in [4.78, 5) is 19.7. The van der Waals surface area contributed by atoms with E-state index < -0.39 is 0 Å². The number of likely N-dealkylation sites (N-methyl/N-ethyl adjacent to an activating group) is 1. The molecule has 2 aromatic rings. The third-order valence-electron chi connectivity index (χ3n) is 3.90. The fourth-order valence-electron chi connectivity index (χ4n) is 2.67. The molecule has 1 saturated heterocycles. The fraction of sp³-hybridized carbons (Fsp3) is 0.467. The summed E-state index contributed by atoms with van der Waals surface area (Å²) in [6, 6.07) is 7.43. The van der Waals surface area contributed by atoms with Crippen molar-refractivity contribution in [3.8, 4) is 0 Å². The van der Waals surface area contributed by atoms with Crippen molar-refractivity contribution in [3.63, 3.8) is 0 Å². The Labute approximate surface area is 128 Å². The smallest absolute Gasteiger partial charge is 0.280 e. The molecule has 1 aliphatic rings. The molecule has 2 heterocycles. The van der Waals surface area contributed by atoms with Crippen molar-refractivity contribution in [1.82, 2.24) is 14.6 Å². The molecule has 6 heteroatoms. The summed E-state index contributed by atoms with van der Waals surface area (Å²) in [6.07, 6.45) is 0. The minimum atomic E-state index is -0.318. The van der Waals surface area contributed by atoms with E-state index in [0.717, 1.165) is 26.2 Å². The Morgan fingerprint density at radius 2 is 1.86 bits per heavy atom. The van der Waals surface area contributed by atoms with Gasteiger partial charge in [0, 0.05) is 26.2 Å². The Morgan fingerprint density at radius 3 is 2.52 bits per heavy atom. The number of rotatable bonds is 2. The second kappa shape index (κ2) is 5.66. The minimum absolute atomic E-state index is 0.0346. The number of aromatic nitrogens is 2. The first kappa shape index (κ1) is 14.4. The van der Waals surface area contributed by atoms with Gasteiger partial charge in [-0.05, 0) is 26.1 Å². The lowest BCUT2D eigenvalue weighted by molar-refractivity contribution is 0.283. The number of para-hydroxylation sites is 1. The first-order valence-corrected chi connectivity index (χ1v) is 7.61. The van der Waals surface area contributed by atoms with Gasteiger partial charge in [0.2, 0.25) is 0 Å². The van der Waals surface area contributed by atoms with Crippen LogP contribution in [0.2, 0.25) is 0 Å². The fourth-order valence-corrected chi connectivity index (χ4v) is 2.81. The molecular weight excluding hydrogens is 288 g/mol. The van der Waals surface area contributed by atoms with Crippen LogP contribution >= 0.6 is 11.6 Å². The van der Waals surface area contributed by atoms with Crippen molar-refractivity contribution >= 4 is 22.5 Å². The van der Waals surface area contributed by atoms with Crippen LogP contribution in [-0.2, 0) is 0 Å². The first-order chi connectivity index (χ1) is 10.1. The Bertz CT molecular complexity index is 704. The summed E-state index contributed by atoms with van der Waals surface area (Å²) in [5.74, 6) is 0.616. The maximum atomic E-state index is 12.8. The predicted octanol–water partition coefficient (Wildman–Crippen LogP) is 1.58. The molecule has 5 nitrogen and oxygen atoms in total. The summed E-state index contributed by atoms with van der Waals surface area (Å²) in [5.41, 5.74) is 0.669. The van der Waals surface area contributed by atoms with Crippen LogP contribution in [0.3, 0.4) is 0 Å². The SMILES string of the molecule is CC(Cl)c1nc2ccccc2c(=O)n1N1CCN(C)CC1. The third kappa shape index (κ3) is 2.63. The number of benzene rings is 1. The van der Waals surface area contributed by atoms with Crippen LogP contribution < -0.4 is 10.6 Å². The molecule has 0 bridgehead atoms. The number of nitrogens with zero attached hydrogens (tertiary/aromatic N) is 4. The van der Waals surface area contributed by atoms with Crippen molar-refractivity contribution in [1.29, 1.82) is 0 Å². The molecular formula is C15H19ClN4O. The predicted molar refractivity (Wildman–Crippen MR) is 85.7 cm³/mol. The van der Waals surface area contributed by atoms with Crippen LogP contribution in [-0.4, -0.2) is 47.8 Å². The highest BCUT2D eigenvalue weighted by atomic mass is 35.5. The molecule has 0 aliphatic carbocycles. The van der Waals surface area contributed by atoms with E-state index in [-0.39, 0.29) is 10.9 Å². The van der Waals surface area contributed by atoms with Gasteiger partial charge in [-0.2, -0.15) is 0 Å². The van der Waals surface area contributed by atoms with Crippen LogP contribution in [0.25, 0.3) is 10.9 Å². The van der Waals surface area contributed by atoms with Crippen LogP contribution in [0.1, 0.15) is 18.1 Å². The molecule has 0 spiro atoms. The van der Waals surface area contributed by atoms with Gasteiger partial charge in [0.1, 0.15) is 5.82 Å². The number of piperazine rings is 1. The lowest BCUT2D eigenvalue weighted by Crippen LogP contribution is -2.54. The number of hydrogen-bond donors (Lipinski definition) is 0. The van der Waals surface area contributed by atoms with E-state index in [1.54, 1.807) is 4.68 Å². The number of hydrogen-bond acceptors (Lipinski definition) is 4. The lowest BCUT2D eigenvalue weighted by atomic mass is 10.2. The van der Waals surface area contributed by atoms with Crippen LogP contribution in [0.15, 0.2) is 29.1 Å². The van der Waals surface area contributed by atoms with E-state index in [1.165, 1.54) is 0 Å². The van der Waals surface area contributed by atoms with Gasteiger partial charge in [0.15, 0.2) is 0 Å². The topological polar surface area (TPSA) is 41.4 Å². The van der Waals surface area contributed by atoms with Crippen molar-refractivity contribution < 1.29 is 0 Å². The van der Waals surface area contributed by atoms with Gasteiger partial charge in [-0.1, -0.05) is 12.1 Å². The minimum Gasteiger partial charge on any atom is -0.306 e. The highest BCUT2D eigenvalue weighted by Crippen LogP contribution is 2.19. The molecule has 1 atom stereocenters. The van der Waals surface area contributed by atoms with Crippen molar-refractivity contribution in [3.05, 3.63) is 40.4 Å². The van der Waals surface area contributed by atoms with Crippen LogP contribution in [0.5, 0.6) is 0 Å². The molecule has 0 amide bonds. The van der Waals surface area contributed by atoms with E-state index in [9.17, 15) is 4.79 Å². The van der Waals surface area contributed by atoms with Crippen LogP contribution in [0, 0.1) is 0 Å².